The van der Waals surface area contributed by atoms with Crippen LogP contribution in [-0.2, 0) is 10.2 Å². The zero-order chi connectivity index (χ0) is 19.6. The van der Waals surface area contributed by atoms with Crippen LogP contribution in [0.1, 0.15) is 54.4 Å². The maximum absolute atomic E-state index is 13.8. The van der Waals surface area contributed by atoms with E-state index in [1.54, 1.807) is 30.3 Å². The molecule has 0 spiro atoms. The van der Waals surface area contributed by atoms with Crippen molar-refractivity contribution in [3.05, 3.63) is 65.5 Å². The molecule has 1 aliphatic carbocycles. The van der Waals surface area contributed by atoms with Crippen LogP contribution in [0, 0.1) is 5.82 Å². The first kappa shape index (κ1) is 18.7. The van der Waals surface area contributed by atoms with Gasteiger partial charge in [-0.3, -0.25) is 9.59 Å². The molecule has 0 atom stereocenters. The number of nitrogens with one attached hydrogen (secondary N) is 1. The van der Waals surface area contributed by atoms with Crippen molar-refractivity contribution in [2.24, 2.45) is 0 Å². The second kappa shape index (κ2) is 7.74. The van der Waals surface area contributed by atoms with Crippen molar-refractivity contribution in [2.75, 3.05) is 18.4 Å². The van der Waals surface area contributed by atoms with E-state index >= 15 is 0 Å². The molecule has 5 heteroatoms. The largest absolute Gasteiger partial charge is 0.339 e. The maximum atomic E-state index is 13.8. The first-order valence-electron chi connectivity index (χ1n) is 10.1. The summed E-state index contributed by atoms with van der Waals surface area (Å²) >= 11 is 0. The number of likely N-dealkylation sites (tertiary alicyclic amines) is 1. The van der Waals surface area contributed by atoms with Gasteiger partial charge in [-0.15, -0.1) is 0 Å². The van der Waals surface area contributed by atoms with Crippen molar-refractivity contribution >= 4 is 17.5 Å². The van der Waals surface area contributed by atoms with Crippen LogP contribution in [0.3, 0.4) is 0 Å². The van der Waals surface area contributed by atoms with Crippen LogP contribution in [0.2, 0.25) is 0 Å². The van der Waals surface area contributed by atoms with Crippen LogP contribution in [-0.4, -0.2) is 29.8 Å². The average Bonchev–Trinajstić information content (AvgIpc) is 3.41. The highest BCUT2D eigenvalue weighted by atomic mass is 19.1. The third kappa shape index (κ3) is 3.53. The molecule has 28 heavy (non-hydrogen) atoms. The number of benzene rings is 2. The number of halogens is 1. The van der Waals surface area contributed by atoms with Gasteiger partial charge in [0.1, 0.15) is 5.82 Å². The normalized spacial score (nSPS) is 18.2. The van der Waals surface area contributed by atoms with Gasteiger partial charge in [-0.2, -0.15) is 0 Å². The number of anilines is 1. The minimum Gasteiger partial charge on any atom is -0.339 e. The summed E-state index contributed by atoms with van der Waals surface area (Å²) in [5.41, 5.74) is 1.35. The van der Waals surface area contributed by atoms with Gasteiger partial charge in [0.05, 0.1) is 5.41 Å². The van der Waals surface area contributed by atoms with Crippen LogP contribution in [0.15, 0.2) is 48.5 Å². The predicted octanol–water partition coefficient (Wildman–Crippen LogP) is 4.51. The molecule has 1 heterocycles. The summed E-state index contributed by atoms with van der Waals surface area (Å²) in [6.45, 7) is 1.63. The lowest BCUT2D eigenvalue weighted by Gasteiger charge is -2.28. The van der Waals surface area contributed by atoms with Crippen molar-refractivity contribution in [3.63, 3.8) is 0 Å². The van der Waals surface area contributed by atoms with Gasteiger partial charge in [-0.25, -0.2) is 4.39 Å². The molecular formula is C23H25FN2O2. The number of carbonyl (C=O) groups is 2. The zero-order valence-electron chi connectivity index (χ0n) is 15.9. The molecule has 0 bridgehead atoms. The highest BCUT2D eigenvalue weighted by Gasteiger charge is 2.42. The van der Waals surface area contributed by atoms with Crippen molar-refractivity contribution in [1.29, 1.82) is 0 Å². The number of hydrogen-bond acceptors (Lipinski definition) is 2. The Labute approximate surface area is 164 Å². The lowest BCUT2D eigenvalue weighted by molar-refractivity contribution is -0.121. The fraction of sp³-hybridized carbons (Fsp3) is 0.391. The van der Waals surface area contributed by atoms with Crippen molar-refractivity contribution in [2.45, 2.75) is 43.9 Å². The fourth-order valence-corrected chi connectivity index (χ4v) is 4.46. The summed E-state index contributed by atoms with van der Waals surface area (Å²) in [6.07, 6.45) is 5.45. The Balaban J connectivity index is 1.51. The molecule has 2 aromatic rings. The van der Waals surface area contributed by atoms with E-state index in [1.807, 2.05) is 11.0 Å². The van der Waals surface area contributed by atoms with Crippen molar-refractivity contribution in [1.82, 2.24) is 4.90 Å². The Bertz CT molecular complexity index is 866. The number of rotatable bonds is 4. The number of hydrogen-bond donors (Lipinski definition) is 1. The zero-order valence-corrected chi connectivity index (χ0v) is 15.9. The standard InChI is InChI=1S/C23H25FN2O2/c24-19-7-5-6-18(16-19)23(12-1-2-13-23)22(28)25-20-10-8-17(9-11-20)21(27)26-14-3-4-15-26/h5-11,16H,1-4,12-15H2,(H,25,28). The van der Waals surface area contributed by atoms with Gasteiger partial charge in [0.25, 0.3) is 5.91 Å². The fourth-order valence-electron chi connectivity index (χ4n) is 4.46. The Morgan fingerprint density at radius 3 is 2.25 bits per heavy atom. The molecule has 1 aliphatic heterocycles. The third-order valence-electron chi connectivity index (χ3n) is 6.05. The monoisotopic (exact) mass is 380 g/mol. The molecule has 0 unspecified atom stereocenters. The molecule has 146 valence electrons. The number of amides is 2. The SMILES string of the molecule is O=C(c1ccc(NC(=O)C2(c3cccc(F)c3)CCCC2)cc1)N1CCCC1. The molecule has 0 radical (unpaired) electrons. The third-order valence-corrected chi connectivity index (χ3v) is 6.05. The molecule has 2 amide bonds. The first-order chi connectivity index (χ1) is 13.6. The first-order valence-corrected chi connectivity index (χ1v) is 10.1. The Kier molecular flexibility index (Phi) is 5.16. The van der Waals surface area contributed by atoms with Gasteiger partial charge in [-0.1, -0.05) is 25.0 Å². The topological polar surface area (TPSA) is 49.4 Å². The Hall–Kier alpha value is -2.69. The van der Waals surface area contributed by atoms with Gasteiger partial charge in [0, 0.05) is 24.3 Å². The molecule has 1 saturated heterocycles. The van der Waals surface area contributed by atoms with Crippen molar-refractivity contribution < 1.29 is 14.0 Å². The Morgan fingerprint density at radius 2 is 1.61 bits per heavy atom. The summed E-state index contributed by atoms with van der Waals surface area (Å²) < 4.78 is 13.8. The molecule has 1 saturated carbocycles. The van der Waals surface area contributed by atoms with Gasteiger partial charge in [-0.05, 0) is 67.6 Å². The van der Waals surface area contributed by atoms with Crippen LogP contribution in [0.5, 0.6) is 0 Å². The predicted molar refractivity (Wildman–Crippen MR) is 107 cm³/mol. The van der Waals surface area contributed by atoms with Crippen LogP contribution in [0.25, 0.3) is 0 Å². The Morgan fingerprint density at radius 1 is 0.929 bits per heavy atom. The molecule has 2 fully saturated rings. The van der Waals surface area contributed by atoms with Gasteiger partial charge in [0.15, 0.2) is 0 Å². The summed E-state index contributed by atoms with van der Waals surface area (Å²) in [4.78, 5) is 27.5. The summed E-state index contributed by atoms with van der Waals surface area (Å²) in [6, 6.07) is 13.5. The summed E-state index contributed by atoms with van der Waals surface area (Å²) in [5, 5.41) is 2.99. The van der Waals surface area contributed by atoms with Gasteiger partial charge in [0.2, 0.25) is 5.91 Å². The summed E-state index contributed by atoms with van der Waals surface area (Å²) in [5.74, 6) is -0.377. The highest BCUT2D eigenvalue weighted by molar-refractivity contribution is 6.00. The minimum absolute atomic E-state index is 0.0439. The van der Waals surface area contributed by atoms with E-state index in [0.717, 1.165) is 44.3 Å². The van der Waals surface area contributed by atoms with E-state index in [1.165, 1.54) is 12.1 Å². The van der Waals surface area contributed by atoms with Crippen LogP contribution >= 0.6 is 0 Å². The maximum Gasteiger partial charge on any atom is 0.253 e. The quantitative estimate of drug-likeness (QED) is 0.848. The smallest absolute Gasteiger partial charge is 0.253 e. The van der Waals surface area contributed by atoms with E-state index in [2.05, 4.69) is 5.32 Å². The van der Waals surface area contributed by atoms with Crippen LogP contribution in [0.4, 0.5) is 10.1 Å². The molecule has 1 N–H and O–H groups in total. The summed E-state index contributed by atoms with van der Waals surface area (Å²) in [7, 11) is 0. The molecule has 4 rings (SSSR count). The highest BCUT2D eigenvalue weighted by Crippen LogP contribution is 2.42. The number of nitrogens with zero attached hydrogens (tertiary/aromatic N) is 1. The lowest BCUT2D eigenvalue weighted by Crippen LogP contribution is -2.38. The van der Waals surface area contributed by atoms with E-state index in [-0.39, 0.29) is 17.6 Å². The second-order valence-electron chi connectivity index (χ2n) is 7.83. The lowest BCUT2D eigenvalue weighted by atomic mass is 9.78. The molecule has 4 nitrogen and oxygen atoms in total. The van der Waals surface area contributed by atoms with E-state index in [4.69, 9.17) is 0 Å². The van der Waals surface area contributed by atoms with Gasteiger partial charge >= 0.3 is 0 Å². The van der Waals surface area contributed by atoms with Crippen LogP contribution < -0.4 is 5.32 Å². The molecule has 2 aromatic carbocycles. The average molecular weight is 380 g/mol. The number of carbonyl (C=O) groups excluding carboxylic acids is 2. The molecule has 0 aromatic heterocycles. The second-order valence-corrected chi connectivity index (χ2v) is 7.83. The van der Waals surface area contributed by atoms with E-state index < -0.39 is 5.41 Å². The molecule has 2 aliphatic rings. The minimum atomic E-state index is -0.688. The van der Waals surface area contributed by atoms with Gasteiger partial charge < -0.3 is 10.2 Å². The van der Waals surface area contributed by atoms with Crippen molar-refractivity contribution in [3.8, 4) is 0 Å². The molecular weight excluding hydrogens is 355 g/mol. The van der Waals surface area contributed by atoms with E-state index in [9.17, 15) is 14.0 Å². The van der Waals surface area contributed by atoms with E-state index in [0.29, 0.717) is 24.1 Å².